The third kappa shape index (κ3) is 2.91. The summed E-state index contributed by atoms with van der Waals surface area (Å²) in [5.41, 5.74) is 4.26. The molecule has 92 valence electrons. The second-order valence-electron chi connectivity index (χ2n) is 3.11. The van der Waals surface area contributed by atoms with E-state index in [1.165, 1.54) is 6.07 Å². The number of hydrogen-bond donors (Lipinski definition) is 1. The van der Waals surface area contributed by atoms with Gasteiger partial charge in [-0.1, -0.05) is 0 Å². The number of hydrogen-bond acceptors (Lipinski definition) is 4. The van der Waals surface area contributed by atoms with E-state index in [1.807, 2.05) is 0 Å². The first-order chi connectivity index (χ1) is 7.81. The van der Waals surface area contributed by atoms with Crippen molar-refractivity contribution in [1.29, 1.82) is 5.26 Å². The fourth-order valence-electron chi connectivity index (χ4n) is 1.36. The van der Waals surface area contributed by atoms with Crippen LogP contribution in [0.15, 0.2) is 17.0 Å². The minimum absolute atomic E-state index is 0.102. The summed E-state index contributed by atoms with van der Waals surface area (Å²) in [6, 6.07) is 3.24. The van der Waals surface area contributed by atoms with Gasteiger partial charge in [0.25, 0.3) is 15.5 Å². The number of halogens is 3. The summed E-state index contributed by atoms with van der Waals surface area (Å²) in [5, 5.41) is 8.75. The highest BCUT2D eigenvalue weighted by Gasteiger charge is 2.23. The molecule has 0 amide bonds. The van der Waals surface area contributed by atoms with Gasteiger partial charge in [-0.05, 0) is 17.7 Å². The standard InChI is InChI=1S/C9H7ClF2N2O2S/c10-17(15,16)8-6(3-13)1-5(9(11)12)2-7(8)4-14/h1-2,9H,3,13H2. The molecule has 8 heteroatoms. The highest BCUT2D eigenvalue weighted by atomic mass is 35.7. The summed E-state index contributed by atoms with van der Waals surface area (Å²) in [4.78, 5) is -0.506. The van der Waals surface area contributed by atoms with Gasteiger partial charge in [-0.15, -0.1) is 0 Å². The lowest BCUT2D eigenvalue weighted by Gasteiger charge is -2.09. The molecule has 2 N–H and O–H groups in total. The molecule has 0 aliphatic rings. The normalized spacial score (nSPS) is 11.5. The topological polar surface area (TPSA) is 83.9 Å². The van der Waals surface area contributed by atoms with Gasteiger partial charge >= 0.3 is 0 Å². The van der Waals surface area contributed by atoms with Crippen molar-refractivity contribution in [3.8, 4) is 6.07 Å². The van der Waals surface area contributed by atoms with Gasteiger partial charge in [0.15, 0.2) is 0 Å². The van der Waals surface area contributed by atoms with Crippen LogP contribution in [-0.2, 0) is 15.6 Å². The summed E-state index contributed by atoms with van der Waals surface area (Å²) in [6.45, 7) is -0.309. The first kappa shape index (κ1) is 13.8. The van der Waals surface area contributed by atoms with Crippen molar-refractivity contribution in [1.82, 2.24) is 0 Å². The van der Waals surface area contributed by atoms with E-state index in [0.717, 1.165) is 12.1 Å². The average molecular weight is 281 g/mol. The number of alkyl halides is 2. The van der Waals surface area contributed by atoms with Crippen molar-refractivity contribution in [2.45, 2.75) is 17.9 Å². The van der Waals surface area contributed by atoms with Crippen molar-refractivity contribution >= 4 is 19.7 Å². The number of rotatable bonds is 3. The molecule has 0 aliphatic heterocycles. The minimum atomic E-state index is -4.21. The molecule has 0 bridgehead atoms. The predicted octanol–water partition coefficient (Wildman–Crippen LogP) is 1.88. The van der Waals surface area contributed by atoms with Gasteiger partial charge in [-0.3, -0.25) is 0 Å². The first-order valence-corrected chi connectivity index (χ1v) is 6.62. The second-order valence-corrected chi connectivity index (χ2v) is 5.61. The fraction of sp³-hybridized carbons (Fsp3) is 0.222. The lowest BCUT2D eigenvalue weighted by atomic mass is 10.1. The van der Waals surface area contributed by atoms with Crippen LogP contribution < -0.4 is 5.73 Å². The largest absolute Gasteiger partial charge is 0.326 e. The SMILES string of the molecule is N#Cc1cc(C(F)F)cc(CN)c1S(=O)(=O)Cl. The Labute approximate surface area is 101 Å². The second kappa shape index (κ2) is 4.96. The Balaban J connectivity index is 3.67. The van der Waals surface area contributed by atoms with E-state index in [2.05, 4.69) is 0 Å². The van der Waals surface area contributed by atoms with Gasteiger partial charge in [0.1, 0.15) is 11.0 Å². The minimum Gasteiger partial charge on any atom is -0.326 e. The van der Waals surface area contributed by atoms with Crippen LogP contribution in [0.3, 0.4) is 0 Å². The molecule has 0 unspecified atom stereocenters. The molecule has 17 heavy (non-hydrogen) atoms. The summed E-state index contributed by atoms with van der Waals surface area (Å²) in [7, 11) is 0.930. The fourth-order valence-corrected chi connectivity index (χ4v) is 2.73. The Morgan fingerprint density at radius 1 is 1.47 bits per heavy atom. The molecule has 0 aliphatic carbocycles. The Bertz CT molecular complexity index is 581. The summed E-state index contributed by atoms with van der Waals surface area (Å²) >= 11 is 0. The molecule has 4 nitrogen and oxygen atoms in total. The van der Waals surface area contributed by atoms with E-state index >= 15 is 0 Å². The molecule has 0 heterocycles. The van der Waals surface area contributed by atoms with E-state index in [0.29, 0.717) is 0 Å². The molecule has 0 saturated heterocycles. The third-order valence-corrected chi connectivity index (χ3v) is 3.46. The molecule has 0 spiro atoms. The van der Waals surface area contributed by atoms with Crippen molar-refractivity contribution in [3.05, 3.63) is 28.8 Å². The lowest BCUT2D eigenvalue weighted by Crippen LogP contribution is -2.08. The van der Waals surface area contributed by atoms with Gasteiger partial charge in [0, 0.05) is 22.8 Å². The number of nitrogens with two attached hydrogens (primary N) is 1. The van der Waals surface area contributed by atoms with Gasteiger partial charge in [-0.2, -0.15) is 5.26 Å². The van der Waals surface area contributed by atoms with Crippen LogP contribution in [0.25, 0.3) is 0 Å². The maximum absolute atomic E-state index is 12.5. The molecule has 0 radical (unpaired) electrons. The Morgan fingerprint density at radius 2 is 2.06 bits per heavy atom. The van der Waals surface area contributed by atoms with E-state index in [-0.39, 0.29) is 12.1 Å². The van der Waals surface area contributed by atoms with Gasteiger partial charge in [0.2, 0.25) is 0 Å². The predicted molar refractivity (Wildman–Crippen MR) is 57.0 cm³/mol. The summed E-state index contributed by atoms with van der Waals surface area (Å²) in [5.74, 6) is 0. The summed E-state index contributed by atoms with van der Waals surface area (Å²) < 4.78 is 47.5. The quantitative estimate of drug-likeness (QED) is 0.857. The number of nitrogens with zero attached hydrogens (tertiary/aromatic N) is 1. The molecular formula is C9H7ClF2N2O2S. The molecule has 0 atom stereocenters. The zero-order valence-electron chi connectivity index (χ0n) is 8.32. The monoisotopic (exact) mass is 280 g/mol. The Kier molecular flexibility index (Phi) is 4.03. The molecule has 0 fully saturated rings. The first-order valence-electron chi connectivity index (χ1n) is 4.31. The van der Waals surface area contributed by atoms with Crippen LogP contribution in [0.1, 0.15) is 23.1 Å². The molecule has 1 aromatic rings. The van der Waals surface area contributed by atoms with Gasteiger partial charge in [0.05, 0.1) is 5.56 Å². The molecular weight excluding hydrogens is 274 g/mol. The smallest absolute Gasteiger partial charge is 0.263 e. The van der Waals surface area contributed by atoms with Crippen LogP contribution >= 0.6 is 10.7 Å². The van der Waals surface area contributed by atoms with E-state index in [1.54, 1.807) is 0 Å². The maximum Gasteiger partial charge on any atom is 0.263 e. The molecule has 0 aromatic heterocycles. The van der Waals surface area contributed by atoms with Gasteiger partial charge < -0.3 is 5.73 Å². The van der Waals surface area contributed by atoms with Crippen LogP contribution in [0.5, 0.6) is 0 Å². The van der Waals surface area contributed by atoms with Crippen molar-refractivity contribution < 1.29 is 17.2 Å². The van der Waals surface area contributed by atoms with Crippen LogP contribution in [0, 0.1) is 11.3 Å². The number of nitriles is 1. The van der Waals surface area contributed by atoms with E-state index in [9.17, 15) is 17.2 Å². The number of benzene rings is 1. The van der Waals surface area contributed by atoms with Gasteiger partial charge in [-0.25, -0.2) is 17.2 Å². The Hall–Kier alpha value is -1.23. The molecule has 1 aromatic carbocycles. The summed E-state index contributed by atoms with van der Waals surface area (Å²) in [6.07, 6.45) is -2.82. The lowest BCUT2D eigenvalue weighted by molar-refractivity contribution is 0.151. The zero-order chi connectivity index (χ0) is 13.2. The highest BCUT2D eigenvalue weighted by Crippen LogP contribution is 2.29. The maximum atomic E-state index is 12.5. The van der Waals surface area contributed by atoms with Crippen LogP contribution in [0.4, 0.5) is 8.78 Å². The van der Waals surface area contributed by atoms with Crippen molar-refractivity contribution in [2.24, 2.45) is 5.73 Å². The van der Waals surface area contributed by atoms with E-state index in [4.69, 9.17) is 21.7 Å². The zero-order valence-corrected chi connectivity index (χ0v) is 9.89. The highest BCUT2D eigenvalue weighted by molar-refractivity contribution is 8.13. The molecule has 0 saturated carbocycles. The van der Waals surface area contributed by atoms with Crippen LogP contribution in [-0.4, -0.2) is 8.42 Å². The molecule has 1 rings (SSSR count). The Morgan fingerprint density at radius 3 is 2.41 bits per heavy atom. The van der Waals surface area contributed by atoms with Crippen LogP contribution in [0.2, 0.25) is 0 Å². The van der Waals surface area contributed by atoms with E-state index < -0.39 is 31.5 Å². The van der Waals surface area contributed by atoms with Crippen molar-refractivity contribution in [2.75, 3.05) is 0 Å². The van der Waals surface area contributed by atoms with Crippen molar-refractivity contribution in [3.63, 3.8) is 0 Å². The average Bonchev–Trinajstić information content (AvgIpc) is 2.25. The third-order valence-electron chi connectivity index (χ3n) is 2.02.